The monoisotopic (exact) mass is 362 g/mol. The lowest BCUT2D eigenvalue weighted by molar-refractivity contribution is -0.142. The van der Waals surface area contributed by atoms with Gasteiger partial charge in [0.25, 0.3) is 0 Å². The number of carboxylic acid groups (broad SMARTS) is 1. The van der Waals surface area contributed by atoms with Gasteiger partial charge in [-0.25, -0.2) is 9.18 Å². The first kappa shape index (κ1) is 18.7. The molecule has 6 heteroatoms. The maximum Gasteiger partial charge on any atom is 0.315 e. The number of carbonyl (C=O) groups is 2. The third kappa shape index (κ3) is 4.34. The van der Waals surface area contributed by atoms with E-state index in [9.17, 15) is 14.0 Å². The molecule has 2 aliphatic rings. The van der Waals surface area contributed by atoms with Crippen LogP contribution in [0, 0.1) is 11.7 Å². The zero-order valence-electron chi connectivity index (χ0n) is 15.0. The highest BCUT2D eigenvalue weighted by Crippen LogP contribution is 2.40. The molecule has 5 nitrogen and oxygen atoms in total. The summed E-state index contributed by atoms with van der Waals surface area (Å²) in [7, 11) is 0. The van der Waals surface area contributed by atoms with Gasteiger partial charge in [-0.15, -0.1) is 0 Å². The molecule has 2 aliphatic carbocycles. The Morgan fingerprint density at radius 1 is 1.08 bits per heavy atom. The van der Waals surface area contributed by atoms with Crippen molar-refractivity contribution in [1.29, 1.82) is 0 Å². The summed E-state index contributed by atoms with van der Waals surface area (Å²) < 4.78 is 13.2. The van der Waals surface area contributed by atoms with Gasteiger partial charge in [0.05, 0.1) is 5.92 Å². The van der Waals surface area contributed by atoms with Crippen LogP contribution >= 0.6 is 0 Å². The van der Waals surface area contributed by atoms with Gasteiger partial charge >= 0.3 is 12.0 Å². The number of carboxylic acids is 1. The Morgan fingerprint density at radius 2 is 1.69 bits per heavy atom. The summed E-state index contributed by atoms with van der Waals surface area (Å²) in [6.07, 6.45) is 6.82. The van der Waals surface area contributed by atoms with E-state index in [2.05, 4.69) is 10.6 Å². The second-order valence-corrected chi connectivity index (χ2v) is 7.71. The molecule has 142 valence electrons. The molecule has 2 amide bonds. The van der Waals surface area contributed by atoms with Crippen molar-refractivity contribution in [3.63, 3.8) is 0 Å². The average Bonchev–Trinajstić information content (AvgIpc) is 3.11. The third-order valence-corrected chi connectivity index (χ3v) is 6.02. The quantitative estimate of drug-likeness (QED) is 0.749. The Hall–Kier alpha value is -2.11. The summed E-state index contributed by atoms with van der Waals surface area (Å²) in [6.45, 7) is 0.537. The normalized spacial score (nSPS) is 24.8. The minimum absolute atomic E-state index is 0.0379. The molecule has 0 saturated heterocycles. The summed E-state index contributed by atoms with van der Waals surface area (Å²) >= 11 is 0. The van der Waals surface area contributed by atoms with E-state index in [1.807, 2.05) is 12.1 Å². The van der Waals surface area contributed by atoms with E-state index in [4.69, 9.17) is 5.11 Å². The van der Waals surface area contributed by atoms with Crippen molar-refractivity contribution in [1.82, 2.24) is 10.6 Å². The first-order chi connectivity index (χ1) is 12.5. The van der Waals surface area contributed by atoms with Gasteiger partial charge in [-0.1, -0.05) is 25.0 Å². The van der Waals surface area contributed by atoms with Crippen LogP contribution in [0.25, 0.3) is 0 Å². The van der Waals surface area contributed by atoms with E-state index in [0.29, 0.717) is 32.2 Å². The van der Waals surface area contributed by atoms with Crippen molar-refractivity contribution >= 4 is 12.0 Å². The van der Waals surface area contributed by atoms with Crippen molar-refractivity contribution in [3.8, 4) is 0 Å². The lowest BCUT2D eigenvalue weighted by Gasteiger charge is -2.31. The molecule has 0 unspecified atom stereocenters. The van der Waals surface area contributed by atoms with Crippen molar-refractivity contribution in [3.05, 3.63) is 35.6 Å². The Morgan fingerprint density at radius 3 is 2.27 bits per heavy atom. The van der Waals surface area contributed by atoms with Gasteiger partial charge in [0.2, 0.25) is 0 Å². The molecule has 0 heterocycles. The molecule has 3 N–H and O–H groups in total. The Balaban J connectivity index is 1.52. The van der Waals surface area contributed by atoms with Gasteiger partial charge in [0, 0.05) is 18.0 Å². The molecule has 0 spiro atoms. The first-order valence-corrected chi connectivity index (χ1v) is 9.52. The molecule has 0 aliphatic heterocycles. The van der Waals surface area contributed by atoms with Crippen molar-refractivity contribution in [2.24, 2.45) is 5.92 Å². The topological polar surface area (TPSA) is 78.4 Å². The highest BCUT2D eigenvalue weighted by atomic mass is 19.1. The lowest BCUT2D eigenvalue weighted by atomic mass is 9.79. The van der Waals surface area contributed by atoms with Crippen LogP contribution in [0.4, 0.5) is 9.18 Å². The summed E-state index contributed by atoms with van der Waals surface area (Å²) in [5.74, 6) is -1.27. The van der Waals surface area contributed by atoms with E-state index in [1.54, 1.807) is 0 Å². The summed E-state index contributed by atoms with van der Waals surface area (Å²) in [6, 6.07) is 6.46. The van der Waals surface area contributed by atoms with Gasteiger partial charge in [-0.3, -0.25) is 4.79 Å². The van der Waals surface area contributed by atoms with Crippen LogP contribution in [0.5, 0.6) is 0 Å². The Labute approximate surface area is 153 Å². The van der Waals surface area contributed by atoms with E-state index < -0.39 is 5.97 Å². The number of rotatable bonds is 5. The number of carbonyl (C=O) groups excluding carboxylic acids is 1. The molecular weight excluding hydrogens is 335 g/mol. The number of halogens is 1. The van der Waals surface area contributed by atoms with Gasteiger partial charge in [0.1, 0.15) is 5.82 Å². The second-order valence-electron chi connectivity index (χ2n) is 7.71. The smallest absolute Gasteiger partial charge is 0.315 e. The average molecular weight is 362 g/mol. The molecule has 26 heavy (non-hydrogen) atoms. The van der Waals surface area contributed by atoms with Gasteiger partial charge in [-0.05, 0) is 56.2 Å². The molecule has 3 rings (SSSR count). The molecule has 2 fully saturated rings. The molecular formula is C20H27FN2O3. The van der Waals surface area contributed by atoms with Crippen molar-refractivity contribution in [2.45, 2.75) is 62.8 Å². The van der Waals surface area contributed by atoms with Gasteiger partial charge in [0.15, 0.2) is 0 Å². The van der Waals surface area contributed by atoms with Crippen molar-refractivity contribution in [2.75, 3.05) is 6.54 Å². The van der Waals surface area contributed by atoms with Crippen LogP contribution in [0.3, 0.4) is 0 Å². The predicted octanol–water partition coefficient (Wildman–Crippen LogP) is 3.58. The van der Waals surface area contributed by atoms with Gasteiger partial charge in [-0.2, -0.15) is 0 Å². The van der Waals surface area contributed by atoms with Crippen LogP contribution in [0.15, 0.2) is 24.3 Å². The summed E-state index contributed by atoms with van der Waals surface area (Å²) in [5, 5.41) is 15.0. The van der Waals surface area contributed by atoms with E-state index in [-0.39, 0.29) is 29.2 Å². The molecule has 0 bridgehead atoms. The molecule has 0 aromatic heterocycles. The predicted molar refractivity (Wildman–Crippen MR) is 96.5 cm³/mol. The lowest BCUT2D eigenvalue weighted by Crippen LogP contribution is -2.48. The summed E-state index contributed by atoms with van der Waals surface area (Å²) in [4.78, 5) is 23.3. The molecule has 2 saturated carbocycles. The van der Waals surface area contributed by atoms with Crippen LogP contribution in [-0.4, -0.2) is 29.7 Å². The highest BCUT2D eigenvalue weighted by Gasteiger charge is 2.36. The van der Waals surface area contributed by atoms with E-state index in [0.717, 1.165) is 31.2 Å². The Bertz CT molecular complexity index is 633. The number of urea groups is 1. The number of amides is 2. The SMILES string of the molecule is O=C(NCC1(c2ccc(F)cc2)CCCC1)NC1CCC(C(=O)O)CC1. The minimum atomic E-state index is -0.740. The Kier molecular flexibility index (Phi) is 5.79. The minimum Gasteiger partial charge on any atom is -0.481 e. The number of hydrogen-bond donors (Lipinski definition) is 3. The fourth-order valence-electron chi connectivity index (χ4n) is 4.39. The van der Waals surface area contributed by atoms with E-state index in [1.165, 1.54) is 12.1 Å². The van der Waals surface area contributed by atoms with Crippen LogP contribution in [0.1, 0.15) is 56.9 Å². The van der Waals surface area contributed by atoms with E-state index >= 15 is 0 Å². The van der Waals surface area contributed by atoms with Crippen LogP contribution < -0.4 is 10.6 Å². The number of aliphatic carboxylic acids is 1. The largest absolute Gasteiger partial charge is 0.481 e. The number of nitrogens with one attached hydrogen (secondary N) is 2. The maximum atomic E-state index is 13.2. The fraction of sp³-hybridized carbons (Fsp3) is 0.600. The third-order valence-electron chi connectivity index (χ3n) is 6.02. The zero-order valence-corrected chi connectivity index (χ0v) is 15.0. The molecule has 0 atom stereocenters. The van der Waals surface area contributed by atoms with Crippen molar-refractivity contribution < 1.29 is 19.1 Å². The van der Waals surface area contributed by atoms with Gasteiger partial charge < -0.3 is 15.7 Å². The highest BCUT2D eigenvalue weighted by molar-refractivity contribution is 5.74. The first-order valence-electron chi connectivity index (χ1n) is 9.52. The number of hydrogen-bond acceptors (Lipinski definition) is 2. The van der Waals surface area contributed by atoms with Crippen LogP contribution in [-0.2, 0) is 10.2 Å². The van der Waals surface area contributed by atoms with Crippen LogP contribution in [0.2, 0.25) is 0 Å². The molecule has 1 aromatic rings. The fourth-order valence-corrected chi connectivity index (χ4v) is 4.39. The molecule has 1 aromatic carbocycles. The second kappa shape index (κ2) is 8.06. The standard InChI is InChI=1S/C20H27FN2O3/c21-16-7-5-15(6-8-16)20(11-1-2-12-20)13-22-19(26)23-17-9-3-14(4-10-17)18(24)25/h5-8,14,17H,1-4,9-13H2,(H,24,25)(H2,22,23,26). The summed E-state index contributed by atoms with van der Waals surface area (Å²) in [5.41, 5.74) is 0.963. The number of benzene rings is 1. The maximum absolute atomic E-state index is 13.2. The molecule has 0 radical (unpaired) electrons. The zero-order chi connectivity index (χ0) is 18.6.